The summed E-state index contributed by atoms with van der Waals surface area (Å²) in [4.78, 5) is 26.9. The number of likely N-dealkylation sites (tertiary alicyclic amines) is 2. The van der Waals surface area contributed by atoms with Crippen molar-refractivity contribution in [3.8, 4) is 17.0 Å². The number of methoxy groups -OCH3 is 1. The predicted octanol–water partition coefficient (Wildman–Crippen LogP) is 2.41. The summed E-state index contributed by atoms with van der Waals surface area (Å²) in [6.07, 6.45) is 2.06. The topological polar surface area (TPSA) is 87.9 Å². The van der Waals surface area contributed by atoms with Gasteiger partial charge in [-0.05, 0) is 36.1 Å². The van der Waals surface area contributed by atoms with E-state index < -0.39 is 6.09 Å². The first-order valence-electron chi connectivity index (χ1n) is 9.88. The molecule has 0 saturated carbocycles. The van der Waals surface area contributed by atoms with Crippen LogP contribution in [0.15, 0.2) is 30.5 Å². The molecular formula is C21H26N4O4. The van der Waals surface area contributed by atoms with Gasteiger partial charge in [0.05, 0.1) is 12.8 Å². The van der Waals surface area contributed by atoms with Crippen molar-refractivity contribution < 1.29 is 19.4 Å². The Balaban J connectivity index is 1.38. The average Bonchev–Trinajstić information content (AvgIpc) is 3.29. The Morgan fingerprint density at radius 2 is 2.00 bits per heavy atom. The molecule has 0 aliphatic carbocycles. The summed E-state index contributed by atoms with van der Waals surface area (Å²) in [5.41, 5.74) is 3.17. The van der Waals surface area contributed by atoms with E-state index in [1.54, 1.807) is 13.3 Å². The molecule has 1 unspecified atom stereocenters. The minimum atomic E-state index is -0.896. The third kappa shape index (κ3) is 3.79. The maximum absolute atomic E-state index is 12.6. The number of amides is 2. The number of rotatable bonds is 5. The van der Waals surface area contributed by atoms with Crippen LogP contribution in [-0.2, 0) is 11.8 Å². The Hall–Kier alpha value is -3.03. The van der Waals surface area contributed by atoms with Gasteiger partial charge in [0.15, 0.2) is 0 Å². The van der Waals surface area contributed by atoms with Crippen molar-refractivity contribution in [2.45, 2.75) is 18.8 Å². The second kappa shape index (κ2) is 7.77. The number of hydrogen-bond acceptors (Lipinski definition) is 4. The maximum atomic E-state index is 12.6. The molecule has 0 spiro atoms. The number of benzene rings is 1. The Bertz CT molecular complexity index is 919. The lowest BCUT2D eigenvalue weighted by atomic mass is 9.89. The van der Waals surface area contributed by atoms with Gasteiger partial charge >= 0.3 is 6.09 Å². The third-order valence-electron chi connectivity index (χ3n) is 6.05. The first kappa shape index (κ1) is 19.3. The minimum Gasteiger partial charge on any atom is -0.496 e. The van der Waals surface area contributed by atoms with E-state index in [4.69, 9.17) is 9.84 Å². The van der Waals surface area contributed by atoms with Crippen molar-refractivity contribution in [1.29, 1.82) is 0 Å². The SMILES string of the molecule is COc1ccc(C2CN(C(=O)CC3CCN(C(=O)O)C3)C2)cc1-c1ccnn1C. The predicted molar refractivity (Wildman–Crippen MR) is 107 cm³/mol. The van der Waals surface area contributed by atoms with E-state index in [1.165, 1.54) is 10.5 Å². The fourth-order valence-corrected chi connectivity index (χ4v) is 4.26. The second-order valence-electron chi connectivity index (χ2n) is 7.88. The molecule has 8 nitrogen and oxygen atoms in total. The highest BCUT2D eigenvalue weighted by Gasteiger charge is 2.35. The molecule has 0 radical (unpaired) electrons. The van der Waals surface area contributed by atoms with E-state index in [1.807, 2.05) is 28.8 Å². The van der Waals surface area contributed by atoms with Crippen LogP contribution in [0.4, 0.5) is 4.79 Å². The minimum absolute atomic E-state index is 0.124. The van der Waals surface area contributed by atoms with Gasteiger partial charge in [-0.25, -0.2) is 4.79 Å². The quantitative estimate of drug-likeness (QED) is 0.836. The van der Waals surface area contributed by atoms with E-state index in [0.717, 1.165) is 23.4 Å². The summed E-state index contributed by atoms with van der Waals surface area (Å²) >= 11 is 0. The molecule has 1 atom stereocenters. The molecule has 154 valence electrons. The molecule has 1 aromatic heterocycles. The van der Waals surface area contributed by atoms with Gasteiger partial charge in [-0.2, -0.15) is 5.10 Å². The van der Waals surface area contributed by atoms with Crippen LogP contribution >= 0.6 is 0 Å². The van der Waals surface area contributed by atoms with E-state index in [9.17, 15) is 9.59 Å². The Labute approximate surface area is 169 Å². The van der Waals surface area contributed by atoms with Crippen LogP contribution in [0.5, 0.6) is 5.75 Å². The van der Waals surface area contributed by atoms with Gasteiger partial charge in [-0.3, -0.25) is 9.48 Å². The fourth-order valence-electron chi connectivity index (χ4n) is 4.26. The second-order valence-corrected chi connectivity index (χ2v) is 7.88. The number of nitrogens with zero attached hydrogens (tertiary/aromatic N) is 4. The van der Waals surface area contributed by atoms with E-state index in [2.05, 4.69) is 17.2 Å². The lowest BCUT2D eigenvalue weighted by Crippen LogP contribution is -2.49. The third-order valence-corrected chi connectivity index (χ3v) is 6.05. The zero-order valence-electron chi connectivity index (χ0n) is 16.7. The van der Waals surface area contributed by atoms with Crippen molar-refractivity contribution >= 4 is 12.0 Å². The van der Waals surface area contributed by atoms with Gasteiger partial charge < -0.3 is 19.6 Å². The maximum Gasteiger partial charge on any atom is 0.407 e. The van der Waals surface area contributed by atoms with Crippen molar-refractivity contribution in [2.75, 3.05) is 33.3 Å². The smallest absolute Gasteiger partial charge is 0.407 e. The van der Waals surface area contributed by atoms with E-state index in [-0.39, 0.29) is 11.8 Å². The van der Waals surface area contributed by atoms with Gasteiger partial charge in [0.2, 0.25) is 5.91 Å². The molecule has 29 heavy (non-hydrogen) atoms. The van der Waals surface area contributed by atoms with Crippen molar-refractivity contribution in [1.82, 2.24) is 19.6 Å². The van der Waals surface area contributed by atoms with E-state index >= 15 is 0 Å². The molecule has 1 aromatic carbocycles. The van der Waals surface area contributed by atoms with Gasteiger partial charge in [0.1, 0.15) is 5.75 Å². The molecule has 4 rings (SSSR count). The summed E-state index contributed by atoms with van der Waals surface area (Å²) in [5, 5.41) is 13.3. The summed E-state index contributed by atoms with van der Waals surface area (Å²) in [6, 6.07) is 8.12. The van der Waals surface area contributed by atoms with Crippen LogP contribution in [0.2, 0.25) is 0 Å². The number of carbonyl (C=O) groups is 2. The molecule has 0 bridgehead atoms. The Morgan fingerprint density at radius 1 is 1.21 bits per heavy atom. The highest BCUT2D eigenvalue weighted by molar-refractivity contribution is 5.78. The van der Waals surface area contributed by atoms with Crippen molar-refractivity contribution in [3.05, 3.63) is 36.0 Å². The lowest BCUT2D eigenvalue weighted by Gasteiger charge is -2.40. The van der Waals surface area contributed by atoms with Crippen LogP contribution in [0.25, 0.3) is 11.3 Å². The summed E-state index contributed by atoms with van der Waals surface area (Å²) < 4.78 is 7.34. The normalized spacial score (nSPS) is 19.3. The molecule has 8 heteroatoms. The summed E-state index contributed by atoms with van der Waals surface area (Å²) in [6.45, 7) is 2.39. The van der Waals surface area contributed by atoms with Gasteiger partial charge in [-0.1, -0.05) is 6.07 Å². The summed E-state index contributed by atoms with van der Waals surface area (Å²) in [5.74, 6) is 1.36. The van der Waals surface area contributed by atoms with Crippen LogP contribution in [0, 0.1) is 5.92 Å². The number of carbonyl (C=O) groups excluding carboxylic acids is 1. The lowest BCUT2D eigenvalue weighted by molar-refractivity contribution is -0.136. The molecule has 2 aromatic rings. The van der Waals surface area contributed by atoms with Crippen LogP contribution in [-0.4, -0.2) is 70.0 Å². The number of hydrogen-bond donors (Lipinski definition) is 1. The molecular weight excluding hydrogens is 372 g/mol. The first-order chi connectivity index (χ1) is 14.0. The fraction of sp³-hybridized carbons (Fsp3) is 0.476. The van der Waals surface area contributed by atoms with Gasteiger partial charge in [-0.15, -0.1) is 0 Å². The molecule has 1 N–H and O–H groups in total. The first-order valence-corrected chi connectivity index (χ1v) is 9.88. The molecule has 2 aliphatic rings. The zero-order valence-corrected chi connectivity index (χ0v) is 16.7. The van der Waals surface area contributed by atoms with Crippen LogP contribution in [0.3, 0.4) is 0 Å². The van der Waals surface area contributed by atoms with E-state index in [0.29, 0.717) is 38.5 Å². The molecule has 2 amide bonds. The highest BCUT2D eigenvalue weighted by Crippen LogP contribution is 2.36. The van der Waals surface area contributed by atoms with Gasteiger partial charge in [0, 0.05) is 57.3 Å². The molecule has 2 saturated heterocycles. The Morgan fingerprint density at radius 3 is 2.62 bits per heavy atom. The van der Waals surface area contributed by atoms with Gasteiger partial charge in [0.25, 0.3) is 0 Å². The highest BCUT2D eigenvalue weighted by atomic mass is 16.5. The number of aryl methyl sites for hydroxylation is 1. The number of aromatic nitrogens is 2. The zero-order chi connectivity index (χ0) is 20.5. The largest absolute Gasteiger partial charge is 0.496 e. The molecule has 3 heterocycles. The van der Waals surface area contributed by atoms with Crippen LogP contribution in [0.1, 0.15) is 24.3 Å². The molecule has 2 fully saturated rings. The van der Waals surface area contributed by atoms with Crippen LogP contribution < -0.4 is 4.74 Å². The number of carboxylic acid groups (broad SMARTS) is 1. The Kier molecular flexibility index (Phi) is 5.17. The van der Waals surface area contributed by atoms with Crippen molar-refractivity contribution in [3.63, 3.8) is 0 Å². The van der Waals surface area contributed by atoms with Crippen molar-refractivity contribution in [2.24, 2.45) is 13.0 Å². The monoisotopic (exact) mass is 398 g/mol. The molecule has 2 aliphatic heterocycles. The number of ether oxygens (including phenoxy) is 1. The standard InChI is InChI=1S/C21H26N4O4/c1-23-18(5-7-22-23)17-10-15(3-4-19(17)29-2)16-12-25(13-16)20(26)9-14-6-8-24(11-14)21(27)28/h3-5,7,10,14,16H,6,8-9,11-13H2,1-2H3,(H,27,28). The average molecular weight is 398 g/mol. The summed E-state index contributed by atoms with van der Waals surface area (Å²) in [7, 11) is 3.56.